The van der Waals surface area contributed by atoms with Crippen LogP contribution in [0.5, 0.6) is 11.5 Å². The lowest BCUT2D eigenvalue weighted by molar-refractivity contribution is -0.144. The Morgan fingerprint density at radius 2 is 2.06 bits per heavy atom. The van der Waals surface area contributed by atoms with Gasteiger partial charge in [0.25, 0.3) is 0 Å². The van der Waals surface area contributed by atoms with Crippen molar-refractivity contribution in [1.82, 2.24) is 0 Å². The molecule has 0 radical (unpaired) electrons. The number of rotatable bonds is 5. The van der Waals surface area contributed by atoms with Crippen LogP contribution in [0.25, 0.3) is 0 Å². The Morgan fingerprint density at radius 3 is 2.67 bits per heavy atom. The second-order valence-electron chi connectivity index (χ2n) is 4.24. The van der Waals surface area contributed by atoms with Gasteiger partial charge in [-0.1, -0.05) is 6.92 Å². The molecule has 98 valence electrons. The molecule has 1 aromatic rings. The van der Waals surface area contributed by atoms with Crippen LogP contribution in [0.3, 0.4) is 0 Å². The molecule has 0 bridgehead atoms. The topological polar surface area (TPSA) is 44.8 Å². The third-order valence-electron chi connectivity index (χ3n) is 2.71. The molecule has 0 N–H and O–H groups in total. The summed E-state index contributed by atoms with van der Waals surface area (Å²) in [7, 11) is 0. The number of carbonyl (C=O) groups excluding carboxylic acids is 1. The highest BCUT2D eigenvalue weighted by Crippen LogP contribution is 2.20. The predicted molar refractivity (Wildman–Crippen MR) is 66.8 cm³/mol. The third kappa shape index (κ3) is 3.47. The van der Waals surface area contributed by atoms with E-state index in [9.17, 15) is 4.79 Å². The number of hydrogen-bond acceptors (Lipinski definition) is 4. The smallest absolute Gasteiger partial charge is 0.340 e. The Bertz CT molecular complexity index is 379. The van der Waals surface area contributed by atoms with Crippen molar-refractivity contribution in [2.24, 2.45) is 0 Å². The molecule has 1 aromatic carbocycles. The fourth-order valence-corrected chi connectivity index (χ4v) is 1.77. The molecule has 18 heavy (non-hydrogen) atoms. The Hall–Kier alpha value is -1.55. The molecule has 4 nitrogen and oxygen atoms in total. The first-order valence-electron chi connectivity index (χ1n) is 6.35. The highest BCUT2D eigenvalue weighted by Gasteiger charge is 2.25. The van der Waals surface area contributed by atoms with E-state index in [0.29, 0.717) is 19.0 Å². The van der Waals surface area contributed by atoms with E-state index in [4.69, 9.17) is 14.2 Å². The largest absolute Gasteiger partial charge is 0.494 e. The van der Waals surface area contributed by atoms with Crippen molar-refractivity contribution in [3.8, 4) is 11.5 Å². The van der Waals surface area contributed by atoms with Crippen LogP contribution < -0.4 is 9.47 Å². The van der Waals surface area contributed by atoms with Crippen LogP contribution in [0.1, 0.15) is 26.2 Å². The van der Waals surface area contributed by atoms with Gasteiger partial charge < -0.3 is 14.2 Å². The van der Waals surface area contributed by atoms with Gasteiger partial charge in [0.15, 0.2) is 6.10 Å². The fourth-order valence-electron chi connectivity index (χ4n) is 1.77. The molecule has 1 aliphatic heterocycles. The highest BCUT2D eigenvalue weighted by atomic mass is 16.6. The molecule has 1 atom stereocenters. The summed E-state index contributed by atoms with van der Waals surface area (Å²) >= 11 is 0. The molecule has 0 aliphatic carbocycles. The molecule has 4 heteroatoms. The number of hydrogen-bond donors (Lipinski definition) is 0. The van der Waals surface area contributed by atoms with Gasteiger partial charge in [0.1, 0.15) is 11.5 Å². The van der Waals surface area contributed by atoms with Gasteiger partial charge in [0.2, 0.25) is 0 Å². The first kappa shape index (κ1) is 12.9. The summed E-state index contributed by atoms with van der Waals surface area (Å²) in [6.07, 6.45) is 2.23. The van der Waals surface area contributed by atoms with Crippen molar-refractivity contribution in [3.63, 3.8) is 0 Å². The van der Waals surface area contributed by atoms with Gasteiger partial charge in [-0.15, -0.1) is 0 Å². The van der Waals surface area contributed by atoms with Crippen LogP contribution in [0, 0.1) is 0 Å². The summed E-state index contributed by atoms with van der Waals surface area (Å²) in [6.45, 7) is 3.39. The standard InChI is InChI=1S/C14H18O4/c1-2-9-16-11-5-7-12(8-6-11)18-14(15)13-4-3-10-17-13/h5-8,13H,2-4,9-10H2,1H3. The first-order valence-corrected chi connectivity index (χ1v) is 6.35. The molecule has 0 saturated carbocycles. The molecule has 0 aromatic heterocycles. The maximum Gasteiger partial charge on any atom is 0.340 e. The fraction of sp³-hybridized carbons (Fsp3) is 0.500. The van der Waals surface area contributed by atoms with Crippen molar-refractivity contribution in [2.45, 2.75) is 32.3 Å². The van der Waals surface area contributed by atoms with Gasteiger partial charge in [-0.2, -0.15) is 0 Å². The van der Waals surface area contributed by atoms with E-state index in [0.717, 1.165) is 25.0 Å². The molecular formula is C14H18O4. The number of ether oxygens (including phenoxy) is 3. The Balaban J connectivity index is 1.87. The second kappa shape index (κ2) is 6.40. The monoisotopic (exact) mass is 250 g/mol. The van der Waals surface area contributed by atoms with Crippen molar-refractivity contribution in [2.75, 3.05) is 13.2 Å². The molecular weight excluding hydrogens is 232 g/mol. The van der Waals surface area contributed by atoms with Gasteiger partial charge >= 0.3 is 5.97 Å². The third-order valence-corrected chi connectivity index (χ3v) is 2.71. The number of benzene rings is 1. The van der Waals surface area contributed by atoms with Crippen LogP contribution >= 0.6 is 0 Å². The van der Waals surface area contributed by atoms with E-state index < -0.39 is 6.10 Å². The molecule has 1 fully saturated rings. The molecule has 0 spiro atoms. The summed E-state index contributed by atoms with van der Waals surface area (Å²) in [5, 5.41) is 0. The Kier molecular flexibility index (Phi) is 4.59. The zero-order valence-corrected chi connectivity index (χ0v) is 10.6. The lowest BCUT2D eigenvalue weighted by atomic mass is 10.2. The van der Waals surface area contributed by atoms with E-state index in [2.05, 4.69) is 6.92 Å². The molecule has 1 unspecified atom stereocenters. The Labute approximate surface area is 107 Å². The molecule has 2 rings (SSSR count). The predicted octanol–water partition coefficient (Wildman–Crippen LogP) is 2.56. The average molecular weight is 250 g/mol. The Morgan fingerprint density at radius 1 is 1.33 bits per heavy atom. The van der Waals surface area contributed by atoms with Crippen LogP contribution in [-0.2, 0) is 9.53 Å². The first-order chi connectivity index (χ1) is 8.79. The summed E-state index contributed by atoms with van der Waals surface area (Å²) < 4.78 is 16.0. The van der Waals surface area contributed by atoms with Gasteiger partial charge in [-0.25, -0.2) is 4.79 Å². The number of carbonyl (C=O) groups is 1. The van der Waals surface area contributed by atoms with Crippen LogP contribution in [-0.4, -0.2) is 25.3 Å². The van der Waals surface area contributed by atoms with Crippen LogP contribution in [0.15, 0.2) is 24.3 Å². The van der Waals surface area contributed by atoms with Gasteiger partial charge in [0, 0.05) is 6.61 Å². The van der Waals surface area contributed by atoms with E-state index in [1.54, 1.807) is 24.3 Å². The number of esters is 1. The molecule has 0 amide bonds. The van der Waals surface area contributed by atoms with Crippen molar-refractivity contribution >= 4 is 5.97 Å². The zero-order valence-electron chi connectivity index (χ0n) is 10.6. The van der Waals surface area contributed by atoms with Crippen molar-refractivity contribution in [3.05, 3.63) is 24.3 Å². The zero-order chi connectivity index (χ0) is 12.8. The van der Waals surface area contributed by atoms with Gasteiger partial charge in [-0.3, -0.25) is 0 Å². The summed E-state index contributed by atoms with van der Waals surface area (Å²) in [5.74, 6) is 1.00. The van der Waals surface area contributed by atoms with Crippen molar-refractivity contribution < 1.29 is 19.0 Å². The van der Waals surface area contributed by atoms with E-state index >= 15 is 0 Å². The maximum absolute atomic E-state index is 11.7. The van der Waals surface area contributed by atoms with Crippen LogP contribution in [0.4, 0.5) is 0 Å². The summed E-state index contributed by atoms with van der Waals surface area (Å²) in [4.78, 5) is 11.7. The van der Waals surface area contributed by atoms with Crippen molar-refractivity contribution in [1.29, 1.82) is 0 Å². The SMILES string of the molecule is CCCOc1ccc(OC(=O)C2CCCO2)cc1. The minimum Gasteiger partial charge on any atom is -0.494 e. The quantitative estimate of drug-likeness (QED) is 0.595. The molecule has 1 heterocycles. The van der Waals surface area contributed by atoms with Gasteiger partial charge in [0.05, 0.1) is 6.61 Å². The second-order valence-corrected chi connectivity index (χ2v) is 4.24. The summed E-state index contributed by atoms with van der Waals surface area (Å²) in [6, 6.07) is 7.07. The van der Waals surface area contributed by atoms with E-state index in [-0.39, 0.29) is 5.97 Å². The molecule has 1 saturated heterocycles. The maximum atomic E-state index is 11.7. The minimum atomic E-state index is -0.402. The van der Waals surface area contributed by atoms with E-state index in [1.165, 1.54) is 0 Å². The lowest BCUT2D eigenvalue weighted by Gasteiger charge is -2.10. The van der Waals surface area contributed by atoms with E-state index in [1.807, 2.05) is 0 Å². The highest BCUT2D eigenvalue weighted by molar-refractivity contribution is 5.77. The molecule has 1 aliphatic rings. The minimum absolute atomic E-state index is 0.310. The lowest BCUT2D eigenvalue weighted by Crippen LogP contribution is -2.24. The normalized spacial score (nSPS) is 18.6. The van der Waals surface area contributed by atoms with Crippen LogP contribution in [0.2, 0.25) is 0 Å². The average Bonchev–Trinajstić information content (AvgIpc) is 2.92. The summed E-state index contributed by atoms with van der Waals surface area (Å²) in [5.41, 5.74) is 0. The van der Waals surface area contributed by atoms with Gasteiger partial charge in [-0.05, 0) is 43.5 Å².